The average Bonchev–Trinajstić information content (AvgIpc) is 2.26. The van der Waals surface area contributed by atoms with Crippen molar-refractivity contribution in [3.63, 3.8) is 0 Å². The van der Waals surface area contributed by atoms with E-state index in [1.54, 1.807) is 4.90 Å². The first-order valence-corrected chi connectivity index (χ1v) is 6.89. The van der Waals surface area contributed by atoms with Gasteiger partial charge in [0, 0.05) is 13.6 Å². The van der Waals surface area contributed by atoms with Crippen LogP contribution < -0.4 is 0 Å². The van der Waals surface area contributed by atoms with Crippen molar-refractivity contribution in [2.45, 2.75) is 64.4 Å². The summed E-state index contributed by atoms with van der Waals surface area (Å²) in [5.74, 6) is 0.707. The summed E-state index contributed by atoms with van der Waals surface area (Å²) in [6.07, 6.45) is 6.22. The second-order valence-corrected chi connectivity index (χ2v) is 5.96. The fraction of sp³-hybridized carbons (Fsp3) is 0.929. The molecule has 0 bridgehead atoms. The molecule has 0 saturated heterocycles. The molecule has 0 heterocycles. The van der Waals surface area contributed by atoms with Crippen molar-refractivity contribution in [3.8, 4) is 0 Å². The van der Waals surface area contributed by atoms with Crippen molar-refractivity contribution in [3.05, 3.63) is 0 Å². The Morgan fingerprint density at radius 3 is 2.41 bits per heavy atom. The first kappa shape index (κ1) is 14.5. The van der Waals surface area contributed by atoms with Crippen LogP contribution in [0.4, 0.5) is 0 Å². The maximum absolute atomic E-state index is 12.0. The number of rotatable bonds is 5. The van der Waals surface area contributed by atoms with E-state index in [2.05, 4.69) is 13.8 Å². The zero-order valence-electron chi connectivity index (χ0n) is 11.5. The van der Waals surface area contributed by atoms with Gasteiger partial charge in [0.1, 0.15) is 0 Å². The summed E-state index contributed by atoms with van der Waals surface area (Å²) in [6.45, 7) is 5.12. The highest BCUT2D eigenvalue weighted by atomic mass is 16.3. The molecule has 1 aliphatic carbocycles. The van der Waals surface area contributed by atoms with Crippen LogP contribution in [0.1, 0.15) is 58.8 Å². The van der Waals surface area contributed by atoms with Gasteiger partial charge < -0.3 is 10.0 Å². The number of hydrogen-bond donors (Lipinski definition) is 1. The molecule has 0 spiro atoms. The molecular weight excluding hydrogens is 214 g/mol. The minimum Gasteiger partial charge on any atom is -0.389 e. The Kier molecular flexibility index (Phi) is 5.44. The molecule has 0 aromatic carbocycles. The van der Waals surface area contributed by atoms with E-state index in [9.17, 15) is 9.90 Å². The summed E-state index contributed by atoms with van der Waals surface area (Å²) in [5.41, 5.74) is -0.721. The largest absolute Gasteiger partial charge is 0.389 e. The van der Waals surface area contributed by atoms with Gasteiger partial charge >= 0.3 is 0 Å². The maximum Gasteiger partial charge on any atom is 0.225 e. The molecule has 0 unspecified atom stereocenters. The molecule has 1 N–H and O–H groups in total. The van der Waals surface area contributed by atoms with Crippen LogP contribution in [-0.4, -0.2) is 35.1 Å². The summed E-state index contributed by atoms with van der Waals surface area (Å²) in [6, 6.07) is 0. The monoisotopic (exact) mass is 241 g/mol. The van der Waals surface area contributed by atoms with Gasteiger partial charge in [0.2, 0.25) is 5.91 Å². The van der Waals surface area contributed by atoms with Gasteiger partial charge in [0.25, 0.3) is 0 Å². The molecule has 100 valence electrons. The number of hydrogen-bond acceptors (Lipinski definition) is 2. The molecule has 0 aliphatic heterocycles. The third kappa shape index (κ3) is 5.07. The van der Waals surface area contributed by atoms with Crippen LogP contribution in [0.25, 0.3) is 0 Å². The Morgan fingerprint density at radius 2 is 1.88 bits per heavy atom. The van der Waals surface area contributed by atoms with Gasteiger partial charge in [0.15, 0.2) is 0 Å². The predicted octanol–water partition coefficient (Wildman–Crippen LogP) is 2.58. The summed E-state index contributed by atoms with van der Waals surface area (Å²) >= 11 is 0. The van der Waals surface area contributed by atoms with Gasteiger partial charge in [-0.2, -0.15) is 0 Å². The van der Waals surface area contributed by atoms with Gasteiger partial charge in [-0.3, -0.25) is 4.79 Å². The average molecular weight is 241 g/mol. The fourth-order valence-corrected chi connectivity index (χ4v) is 2.38. The lowest BCUT2D eigenvalue weighted by molar-refractivity contribution is -0.136. The number of nitrogens with zero attached hydrogens (tertiary/aromatic N) is 1. The Hall–Kier alpha value is -0.570. The molecule has 1 rings (SSSR count). The Labute approximate surface area is 105 Å². The number of carbonyl (C=O) groups is 1. The van der Waals surface area contributed by atoms with Gasteiger partial charge in [0.05, 0.1) is 12.0 Å². The minimum atomic E-state index is -0.721. The normalized spacial score (nSPS) is 19.4. The summed E-state index contributed by atoms with van der Waals surface area (Å²) in [5, 5.41) is 10.3. The SMILES string of the molecule is CC(C)CCN(C)C(=O)CC1(O)CCCCC1. The summed E-state index contributed by atoms with van der Waals surface area (Å²) < 4.78 is 0. The van der Waals surface area contributed by atoms with Crippen molar-refractivity contribution < 1.29 is 9.90 Å². The van der Waals surface area contributed by atoms with E-state index in [-0.39, 0.29) is 5.91 Å². The molecule has 1 fully saturated rings. The molecule has 1 aliphatic rings. The van der Waals surface area contributed by atoms with Crippen molar-refractivity contribution in [2.75, 3.05) is 13.6 Å². The molecule has 1 amide bonds. The van der Waals surface area contributed by atoms with Crippen LogP contribution >= 0.6 is 0 Å². The van der Waals surface area contributed by atoms with Gasteiger partial charge in [-0.15, -0.1) is 0 Å². The quantitative estimate of drug-likeness (QED) is 0.803. The zero-order chi connectivity index (χ0) is 12.9. The van der Waals surface area contributed by atoms with Crippen LogP contribution in [0.3, 0.4) is 0 Å². The molecular formula is C14H27NO2. The van der Waals surface area contributed by atoms with Crippen LogP contribution in [0.2, 0.25) is 0 Å². The van der Waals surface area contributed by atoms with Crippen molar-refractivity contribution in [1.29, 1.82) is 0 Å². The standard InChI is InChI=1S/C14H27NO2/c1-12(2)7-10-15(3)13(16)11-14(17)8-5-4-6-9-14/h12,17H,4-11H2,1-3H3. The van der Waals surface area contributed by atoms with Gasteiger partial charge in [-0.25, -0.2) is 0 Å². The van der Waals surface area contributed by atoms with E-state index < -0.39 is 5.60 Å². The second-order valence-electron chi connectivity index (χ2n) is 5.96. The highest BCUT2D eigenvalue weighted by molar-refractivity contribution is 5.77. The lowest BCUT2D eigenvalue weighted by atomic mass is 9.82. The molecule has 17 heavy (non-hydrogen) atoms. The topological polar surface area (TPSA) is 40.5 Å². The summed E-state index contributed by atoms with van der Waals surface area (Å²) in [4.78, 5) is 13.8. The zero-order valence-corrected chi connectivity index (χ0v) is 11.5. The van der Waals surface area contributed by atoms with Crippen LogP contribution in [0.5, 0.6) is 0 Å². The van der Waals surface area contributed by atoms with Crippen LogP contribution in [0.15, 0.2) is 0 Å². The van der Waals surface area contributed by atoms with E-state index in [1.165, 1.54) is 6.42 Å². The number of carbonyl (C=O) groups excluding carboxylic acids is 1. The van der Waals surface area contributed by atoms with E-state index in [0.717, 1.165) is 38.6 Å². The molecule has 1 saturated carbocycles. The van der Waals surface area contributed by atoms with Gasteiger partial charge in [-0.1, -0.05) is 33.1 Å². The van der Waals surface area contributed by atoms with E-state index in [1.807, 2.05) is 7.05 Å². The first-order valence-electron chi connectivity index (χ1n) is 6.89. The van der Waals surface area contributed by atoms with Crippen molar-refractivity contribution >= 4 is 5.91 Å². The van der Waals surface area contributed by atoms with Crippen LogP contribution in [-0.2, 0) is 4.79 Å². The molecule has 0 aromatic rings. The minimum absolute atomic E-state index is 0.0926. The highest BCUT2D eigenvalue weighted by Gasteiger charge is 2.32. The number of aliphatic hydroxyl groups is 1. The van der Waals surface area contributed by atoms with Crippen molar-refractivity contribution in [2.24, 2.45) is 5.92 Å². The second kappa shape index (κ2) is 6.39. The van der Waals surface area contributed by atoms with E-state index in [4.69, 9.17) is 0 Å². The van der Waals surface area contributed by atoms with E-state index >= 15 is 0 Å². The first-order chi connectivity index (χ1) is 7.93. The Morgan fingerprint density at radius 1 is 1.29 bits per heavy atom. The maximum atomic E-state index is 12.0. The molecule has 0 atom stereocenters. The Bertz CT molecular complexity index is 245. The smallest absolute Gasteiger partial charge is 0.225 e. The third-order valence-corrected chi connectivity index (χ3v) is 3.73. The number of amides is 1. The Balaban J connectivity index is 2.36. The highest BCUT2D eigenvalue weighted by Crippen LogP contribution is 2.31. The summed E-state index contributed by atoms with van der Waals surface area (Å²) in [7, 11) is 1.84. The third-order valence-electron chi connectivity index (χ3n) is 3.73. The molecule has 3 nitrogen and oxygen atoms in total. The molecule has 3 heteroatoms. The molecule has 0 aromatic heterocycles. The predicted molar refractivity (Wildman–Crippen MR) is 69.7 cm³/mol. The lowest BCUT2D eigenvalue weighted by Gasteiger charge is -2.33. The molecule has 0 radical (unpaired) electrons. The fourth-order valence-electron chi connectivity index (χ4n) is 2.38. The van der Waals surface area contributed by atoms with Crippen molar-refractivity contribution in [1.82, 2.24) is 4.90 Å². The van der Waals surface area contributed by atoms with Gasteiger partial charge in [-0.05, 0) is 25.2 Å². The van der Waals surface area contributed by atoms with E-state index in [0.29, 0.717) is 12.3 Å². The van der Waals surface area contributed by atoms with Crippen LogP contribution in [0, 0.1) is 5.92 Å². The lowest BCUT2D eigenvalue weighted by Crippen LogP contribution is -2.39.